The van der Waals surface area contributed by atoms with Gasteiger partial charge in [-0.15, -0.1) is 0 Å². The van der Waals surface area contributed by atoms with E-state index < -0.39 is 16.9 Å². The van der Waals surface area contributed by atoms with Crippen molar-refractivity contribution in [3.05, 3.63) is 29.8 Å². The number of benzene rings is 1. The second-order valence-corrected chi connectivity index (χ2v) is 5.97. The second kappa shape index (κ2) is 7.62. The van der Waals surface area contributed by atoms with Gasteiger partial charge in [-0.2, -0.15) is 0 Å². The van der Waals surface area contributed by atoms with Crippen LogP contribution in [0.2, 0.25) is 0 Å². The van der Waals surface area contributed by atoms with Crippen LogP contribution in [0.3, 0.4) is 0 Å². The molecule has 3 heteroatoms. The van der Waals surface area contributed by atoms with E-state index in [0.717, 1.165) is 36.1 Å². The monoisotopic (exact) mass is 254 g/mol. The quantitative estimate of drug-likeness (QED) is 0.759. The number of aliphatic hydroxyl groups excluding tert-OH is 1. The van der Waals surface area contributed by atoms with Crippen molar-refractivity contribution in [3.63, 3.8) is 0 Å². The molecule has 0 bridgehead atoms. The average Bonchev–Trinajstić information content (AvgIpc) is 2.30. The van der Waals surface area contributed by atoms with Gasteiger partial charge >= 0.3 is 0 Å². The molecule has 1 aromatic rings. The van der Waals surface area contributed by atoms with Gasteiger partial charge in [-0.05, 0) is 25.5 Å². The number of hydrogen-bond donors (Lipinski definition) is 1. The number of aliphatic hydroxyl groups is 1. The van der Waals surface area contributed by atoms with Crippen LogP contribution in [0, 0.1) is 6.92 Å². The molecular formula is C14H22O2S. The van der Waals surface area contributed by atoms with Crippen molar-refractivity contribution in [1.82, 2.24) is 0 Å². The summed E-state index contributed by atoms with van der Waals surface area (Å²) in [5, 5.41) is 9.77. The lowest BCUT2D eigenvalue weighted by Gasteiger charge is -2.10. The van der Waals surface area contributed by atoms with E-state index in [0.29, 0.717) is 5.75 Å². The topological polar surface area (TPSA) is 37.3 Å². The van der Waals surface area contributed by atoms with Crippen molar-refractivity contribution in [3.8, 4) is 0 Å². The molecule has 1 aromatic carbocycles. The van der Waals surface area contributed by atoms with Crippen molar-refractivity contribution in [2.45, 2.75) is 50.5 Å². The van der Waals surface area contributed by atoms with Gasteiger partial charge in [-0.25, -0.2) is 0 Å². The Morgan fingerprint density at radius 3 is 2.47 bits per heavy atom. The fraction of sp³-hybridized carbons (Fsp3) is 0.571. The smallest absolute Gasteiger partial charge is 0.0659 e. The Kier molecular flexibility index (Phi) is 6.45. The first-order valence-corrected chi connectivity index (χ1v) is 7.58. The summed E-state index contributed by atoms with van der Waals surface area (Å²) in [5.41, 5.74) is 1.16. The zero-order valence-electron chi connectivity index (χ0n) is 10.7. The molecule has 0 aliphatic rings. The highest BCUT2D eigenvalue weighted by Crippen LogP contribution is 2.11. The zero-order chi connectivity index (χ0) is 12.7. The molecule has 1 rings (SSSR count). The lowest BCUT2D eigenvalue weighted by molar-refractivity contribution is 0.184. The van der Waals surface area contributed by atoms with E-state index in [4.69, 9.17) is 0 Å². The molecule has 0 unspecified atom stereocenters. The van der Waals surface area contributed by atoms with Crippen LogP contribution in [0.15, 0.2) is 29.2 Å². The van der Waals surface area contributed by atoms with E-state index in [9.17, 15) is 9.32 Å². The van der Waals surface area contributed by atoms with E-state index in [1.165, 1.54) is 0 Å². The SMILES string of the molecule is CCCCC[C@H](O)C[S@](=O)c1ccc(C)cc1. The first-order valence-electron chi connectivity index (χ1n) is 6.26. The molecule has 96 valence electrons. The van der Waals surface area contributed by atoms with Crippen LogP contribution >= 0.6 is 0 Å². The van der Waals surface area contributed by atoms with E-state index in [-0.39, 0.29) is 0 Å². The Balaban J connectivity index is 2.40. The third-order valence-electron chi connectivity index (χ3n) is 2.77. The molecule has 0 aromatic heterocycles. The predicted octanol–water partition coefficient (Wildman–Crippen LogP) is 3.04. The Labute approximate surface area is 107 Å². The summed E-state index contributed by atoms with van der Waals surface area (Å²) in [7, 11) is -1.08. The lowest BCUT2D eigenvalue weighted by Crippen LogP contribution is -2.16. The van der Waals surface area contributed by atoms with Crippen LogP contribution in [0.25, 0.3) is 0 Å². The number of hydrogen-bond acceptors (Lipinski definition) is 2. The average molecular weight is 254 g/mol. The summed E-state index contributed by atoms with van der Waals surface area (Å²) in [6.07, 6.45) is 3.61. The normalized spacial score (nSPS) is 14.5. The van der Waals surface area contributed by atoms with Crippen molar-refractivity contribution >= 4 is 10.8 Å². The maximum absolute atomic E-state index is 12.0. The highest BCUT2D eigenvalue weighted by molar-refractivity contribution is 7.85. The molecule has 2 nitrogen and oxygen atoms in total. The van der Waals surface area contributed by atoms with Crippen molar-refractivity contribution in [2.24, 2.45) is 0 Å². The summed E-state index contributed by atoms with van der Waals surface area (Å²) in [6, 6.07) is 7.67. The van der Waals surface area contributed by atoms with Crippen LogP contribution in [0.4, 0.5) is 0 Å². The van der Waals surface area contributed by atoms with Crippen LogP contribution in [-0.4, -0.2) is 21.2 Å². The molecule has 0 aliphatic carbocycles. The molecule has 0 aliphatic heterocycles. The van der Waals surface area contributed by atoms with Gasteiger partial charge < -0.3 is 5.11 Å². The molecule has 0 heterocycles. The van der Waals surface area contributed by atoms with Gasteiger partial charge in [0.25, 0.3) is 0 Å². The van der Waals surface area contributed by atoms with Crippen LogP contribution < -0.4 is 0 Å². The van der Waals surface area contributed by atoms with E-state index in [1.54, 1.807) is 0 Å². The van der Waals surface area contributed by atoms with Gasteiger partial charge in [0.05, 0.1) is 22.7 Å². The highest BCUT2D eigenvalue weighted by Gasteiger charge is 2.10. The van der Waals surface area contributed by atoms with Gasteiger partial charge in [0.15, 0.2) is 0 Å². The summed E-state index contributed by atoms with van der Waals surface area (Å²) in [4.78, 5) is 0.810. The number of rotatable bonds is 7. The third kappa shape index (κ3) is 5.46. The van der Waals surface area contributed by atoms with Gasteiger partial charge in [0.2, 0.25) is 0 Å². The predicted molar refractivity (Wildman–Crippen MR) is 72.6 cm³/mol. The molecule has 2 atom stereocenters. The minimum atomic E-state index is -1.08. The minimum absolute atomic E-state index is 0.354. The van der Waals surface area contributed by atoms with Crippen molar-refractivity contribution < 1.29 is 9.32 Å². The molecule has 17 heavy (non-hydrogen) atoms. The maximum Gasteiger partial charge on any atom is 0.0659 e. The van der Waals surface area contributed by atoms with Crippen molar-refractivity contribution in [2.75, 3.05) is 5.75 Å². The summed E-state index contributed by atoms with van der Waals surface area (Å²) in [6.45, 7) is 4.14. The summed E-state index contributed by atoms with van der Waals surface area (Å²) >= 11 is 0. The molecule has 0 saturated heterocycles. The first-order chi connectivity index (χ1) is 8.13. The van der Waals surface area contributed by atoms with Crippen LogP contribution in [-0.2, 0) is 10.8 Å². The molecule has 0 amide bonds. The highest BCUT2D eigenvalue weighted by atomic mass is 32.2. The minimum Gasteiger partial charge on any atom is -0.392 e. The van der Waals surface area contributed by atoms with Gasteiger partial charge in [-0.3, -0.25) is 4.21 Å². The van der Waals surface area contributed by atoms with E-state index in [2.05, 4.69) is 6.92 Å². The number of unbranched alkanes of at least 4 members (excludes halogenated alkanes) is 2. The fourth-order valence-electron chi connectivity index (χ4n) is 1.67. The zero-order valence-corrected chi connectivity index (χ0v) is 11.5. The summed E-state index contributed by atoms with van der Waals surface area (Å²) in [5.74, 6) is 0.354. The van der Waals surface area contributed by atoms with Crippen LogP contribution in [0.5, 0.6) is 0 Å². The Hall–Kier alpha value is -0.670. The molecule has 0 saturated carbocycles. The molecule has 0 spiro atoms. The van der Waals surface area contributed by atoms with Gasteiger partial charge in [-0.1, -0.05) is 43.9 Å². The fourth-order valence-corrected chi connectivity index (χ4v) is 2.82. The molecular weight excluding hydrogens is 232 g/mol. The molecule has 0 fully saturated rings. The molecule has 0 radical (unpaired) electrons. The Morgan fingerprint density at radius 2 is 1.88 bits per heavy atom. The molecule has 1 N–H and O–H groups in total. The summed E-state index contributed by atoms with van der Waals surface area (Å²) < 4.78 is 12.0. The van der Waals surface area contributed by atoms with Crippen LogP contribution in [0.1, 0.15) is 38.2 Å². The van der Waals surface area contributed by atoms with E-state index in [1.807, 2.05) is 31.2 Å². The Bertz CT molecular complexity index is 346. The first kappa shape index (κ1) is 14.4. The number of aryl methyl sites for hydroxylation is 1. The van der Waals surface area contributed by atoms with Crippen molar-refractivity contribution in [1.29, 1.82) is 0 Å². The lowest BCUT2D eigenvalue weighted by atomic mass is 10.1. The largest absolute Gasteiger partial charge is 0.392 e. The van der Waals surface area contributed by atoms with Gasteiger partial charge in [0, 0.05) is 4.90 Å². The van der Waals surface area contributed by atoms with E-state index >= 15 is 0 Å². The Morgan fingerprint density at radius 1 is 1.24 bits per heavy atom. The standard InChI is InChI=1S/C14H22O2S/c1-3-4-5-6-13(15)11-17(16)14-9-7-12(2)8-10-14/h7-10,13,15H,3-6,11H2,1-2H3/t13-,17-/m0/s1. The maximum atomic E-state index is 12.0. The van der Waals surface area contributed by atoms with Gasteiger partial charge in [0.1, 0.15) is 0 Å². The second-order valence-electron chi connectivity index (χ2n) is 4.47. The third-order valence-corrected chi connectivity index (χ3v) is 4.25.